The van der Waals surface area contributed by atoms with E-state index in [-0.39, 0.29) is 57.1 Å². The number of terminal acetylenes is 1. The molecule has 0 radical (unpaired) electrons. The summed E-state index contributed by atoms with van der Waals surface area (Å²) >= 11 is 0. The number of benzene rings is 2. The van der Waals surface area contributed by atoms with Gasteiger partial charge in [0.15, 0.2) is 5.82 Å². The molecule has 2 aromatic heterocycles. The molecule has 11 heteroatoms. The summed E-state index contributed by atoms with van der Waals surface area (Å²) in [5.74, 6) is 1.29. The molecule has 2 aromatic carbocycles. The van der Waals surface area contributed by atoms with Crippen molar-refractivity contribution >= 4 is 27.5 Å². The van der Waals surface area contributed by atoms with Crippen molar-refractivity contribution in [2.45, 2.75) is 108 Å². The van der Waals surface area contributed by atoms with Crippen LogP contribution in [-0.2, 0) is 4.74 Å². The Bertz CT molecular complexity index is 2060. The number of aromatic nitrogens is 3. The van der Waals surface area contributed by atoms with Gasteiger partial charge in [0, 0.05) is 47.7 Å². The molecule has 274 valence electrons. The molecule has 0 amide bonds. The number of pyridine rings is 1. The Morgan fingerprint density at radius 3 is 2.60 bits per heavy atom. The summed E-state index contributed by atoms with van der Waals surface area (Å²) in [4.78, 5) is 18.8. The largest absolute Gasteiger partial charge is 0.508 e. The van der Waals surface area contributed by atoms with Crippen LogP contribution in [0.1, 0.15) is 84.1 Å². The van der Waals surface area contributed by atoms with Crippen LogP contribution in [0.5, 0.6) is 11.8 Å². The molecule has 6 atom stereocenters. The topological polar surface area (TPSA) is 104 Å². The predicted molar refractivity (Wildman–Crippen MR) is 196 cm³/mol. The van der Waals surface area contributed by atoms with Crippen molar-refractivity contribution < 1.29 is 28.5 Å². The number of likely N-dealkylation sites (tertiary alicyclic amines) is 1. The van der Waals surface area contributed by atoms with Gasteiger partial charge in [0.2, 0.25) is 0 Å². The van der Waals surface area contributed by atoms with Crippen molar-refractivity contribution in [1.29, 1.82) is 0 Å². The van der Waals surface area contributed by atoms with Crippen LogP contribution in [0.15, 0.2) is 30.5 Å². The molecule has 0 bridgehead atoms. The number of anilines is 1. The summed E-state index contributed by atoms with van der Waals surface area (Å²) in [6, 6.07) is 6.42. The number of halogens is 2. The number of hydrogen-bond donors (Lipinski definition) is 2. The van der Waals surface area contributed by atoms with Crippen molar-refractivity contribution in [1.82, 2.24) is 19.9 Å². The maximum Gasteiger partial charge on any atom is 0.319 e. The number of phenolic OH excluding ortho intramolecular Hbond substituents is 1. The number of rotatable bonds is 6. The molecule has 2 unspecified atom stereocenters. The Hall–Kier alpha value is -4.11. The molecule has 4 fully saturated rings. The molecule has 0 spiro atoms. The number of fused-ring (bicyclic) bond motifs is 3. The fourth-order valence-electron chi connectivity index (χ4n) is 9.89. The lowest BCUT2D eigenvalue weighted by Gasteiger charge is -2.51. The van der Waals surface area contributed by atoms with Crippen molar-refractivity contribution in [3.8, 4) is 35.4 Å². The molecule has 3 saturated heterocycles. The molecule has 5 heterocycles. The van der Waals surface area contributed by atoms with Gasteiger partial charge in [-0.3, -0.25) is 9.88 Å². The Balaban J connectivity index is 1.20. The van der Waals surface area contributed by atoms with Gasteiger partial charge in [-0.25, -0.2) is 8.78 Å². The van der Waals surface area contributed by atoms with E-state index >= 15 is 4.39 Å². The van der Waals surface area contributed by atoms with E-state index in [2.05, 4.69) is 29.7 Å². The van der Waals surface area contributed by atoms with Gasteiger partial charge < -0.3 is 24.6 Å². The zero-order valence-electron chi connectivity index (χ0n) is 30.2. The summed E-state index contributed by atoms with van der Waals surface area (Å²) in [7, 11) is 0. The average Bonchev–Trinajstić information content (AvgIpc) is 3.54. The van der Waals surface area contributed by atoms with E-state index in [0.29, 0.717) is 54.8 Å². The quantitative estimate of drug-likeness (QED) is 0.202. The highest BCUT2D eigenvalue weighted by Crippen LogP contribution is 2.50. The molecule has 1 saturated carbocycles. The van der Waals surface area contributed by atoms with Gasteiger partial charge >= 0.3 is 6.01 Å². The molecule has 2 N–H and O–H groups in total. The molecular weight excluding hydrogens is 664 g/mol. The highest BCUT2D eigenvalue weighted by Gasteiger charge is 2.50. The van der Waals surface area contributed by atoms with E-state index in [1.54, 1.807) is 6.92 Å². The van der Waals surface area contributed by atoms with Crippen molar-refractivity contribution in [3.05, 3.63) is 47.7 Å². The second kappa shape index (κ2) is 13.4. The van der Waals surface area contributed by atoms with Gasteiger partial charge in [-0.2, -0.15) is 9.97 Å². The van der Waals surface area contributed by atoms with Crippen LogP contribution in [0.3, 0.4) is 0 Å². The third kappa shape index (κ3) is 6.22. The molecular formula is C41H47F2N5O4. The number of phenols is 1. The van der Waals surface area contributed by atoms with Crippen LogP contribution >= 0.6 is 0 Å². The fourth-order valence-corrected chi connectivity index (χ4v) is 9.89. The highest BCUT2D eigenvalue weighted by molar-refractivity contribution is 6.03. The van der Waals surface area contributed by atoms with Crippen LogP contribution in [0.4, 0.5) is 14.6 Å². The minimum absolute atomic E-state index is 0.0127. The van der Waals surface area contributed by atoms with Gasteiger partial charge in [0.05, 0.1) is 35.4 Å². The van der Waals surface area contributed by atoms with E-state index in [1.165, 1.54) is 30.5 Å². The van der Waals surface area contributed by atoms with E-state index in [1.807, 2.05) is 4.90 Å². The number of nitrogens with zero attached hydrogens (tertiary/aromatic N) is 5. The zero-order chi connectivity index (χ0) is 36.4. The van der Waals surface area contributed by atoms with Crippen LogP contribution in [0, 0.1) is 29.4 Å². The standard InChI is InChI=1S/C41H47F2N5O4/c1-5-29-32(42)11-10-26-19-28(49)20-30(34(26)29)36-35(43)37-31(21-44-36)38(47-15-7-12-40(4,50)22-47)46-39(45-37)51-23-41-13-6-9-33(41)48(16-8-14-41)27-17-24(2)52-25(3)18-27/h1,10-11,19-21,24-25,27,33,49-50H,6-9,12-18,22-23H2,2-4H3/t24-,25+,27?,33-,40-,41?/m1/s1. The molecule has 3 aliphatic heterocycles. The summed E-state index contributed by atoms with van der Waals surface area (Å²) in [6.07, 6.45) is 16.5. The number of ether oxygens (including phenoxy) is 2. The summed E-state index contributed by atoms with van der Waals surface area (Å²) in [6.45, 7) is 8.51. The lowest BCUT2D eigenvalue weighted by Crippen LogP contribution is -2.57. The molecule has 1 aliphatic carbocycles. The van der Waals surface area contributed by atoms with Crippen LogP contribution in [0.2, 0.25) is 0 Å². The Morgan fingerprint density at radius 1 is 1.06 bits per heavy atom. The summed E-state index contributed by atoms with van der Waals surface area (Å²) in [5.41, 5.74) is -1.07. The van der Waals surface area contributed by atoms with Crippen molar-refractivity contribution in [3.63, 3.8) is 0 Å². The number of aliphatic hydroxyl groups is 1. The molecule has 8 rings (SSSR count). The van der Waals surface area contributed by atoms with Crippen molar-refractivity contribution in [2.75, 3.05) is 31.1 Å². The van der Waals surface area contributed by atoms with Gasteiger partial charge in [0.25, 0.3) is 0 Å². The number of β-amino-alcohol motifs (C(OH)–C–C–N with tert-alkyl or cyclic N) is 1. The number of hydrogen-bond acceptors (Lipinski definition) is 9. The van der Waals surface area contributed by atoms with Crippen LogP contribution in [-0.4, -0.2) is 86.2 Å². The second-order valence-electron chi connectivity index (χ2n) is 16.0. The SMILES string of the molecule is C#Cc1c(F)ccc2cc(O)cc(-c3ncc4c(N5CCC[C@@](C)(O)C5)nc(OCC56CCC[C@H]5N(C5C[C@@H](C)O[C@@H](C)C5)CCC6)nc4c3F)c12. The Labute approximate surface area is 303 Å². The second-order valence-corrected chi connectivity index (χ2v) is 16.0. The first-order valence-corrected chi connectivity index (χ1v) is 18.7. The van der Waals surface area contributed by atoms with E-state index < -0.39 is 17.2 Å². The lowest BCUT2D eigenvalue weighted by molar-refractivity contribution is -0.0967. The average molecular weight is 712 g/mol. The zero-order valence-corrected chi connectivity index (χ0v) is 30.2. The van der Waals surface area contributed by atoms with E-state index in [4.69, 9.17) is 25.9 Å². The summed E-state index contributed by atoms with van der Waals surface area (Å²) in [5, 5.41) is 22.8. The van der Waals surface area contributed by atoms with E-state index in [9.17, 15) is 14.6 Å². The number of aromatic hydroxyl groups is 1. The van der Waals surface area contributed by atoms with Gasteiger partial charge in [-0.1, -0.05) is 18.4 Å². The van der Waals surface area contributed by atoms with Gasteiger partial charge in [-0.05, 0) is 102 Å². The van der Waals surface area contributed by atoms with E-state index in [0.717, 1.165) is 57.9 Å². The summed E-state index contributed by atoms with van der Waals surface area (Å²) < 4.78 is 44.7. The maximum atomic E-state index is 17.0. The minimum Gasteiger partial charge on any atom is -0.508 e. The van der Waals surface area contributed by atoms with Gasteiger partial charge in [0.1, 0.15) is 28.6 Å². The monoisotopic (exact) mass is 711 g/mol. The number of piperidine rings is 2. The predicted octanol–water partition coefficient (Wildman–Crippen LogP) is 7.13. The smallest absolute Gasteiger partial charge is 0.319 e. The van der Waals surface area contributed by atoms with Gasteiger partial charge in [-0.15, -0.1) is 6.42 Å². The third-order valence-corrected chi connectivity index (χ3v) is 12.0. The normalized spacial score (nSPS) is 29.7. The first-order valence-electron chi connectivity index (χ1n) is 18.7. The third-order valence-electron chi connectivity index (χ3n) is 12.0. The first kappa shape index (κ1) is 34.9. The van der Waals surface area contributed by atoms with Crippen molar-refractivity contribution in [2.24, 2.45) is 5.41 Å². The molecule has 9 nitrogen and oxygen atoms in total. The van der Waals surface area contributed by atoms with Crippen LogP contribution in [0.25, 0.3) is 32.9 Å². The lowest BCUT2D eigenvalue weighted by atomic mass is 9.74. The Kier molecular flexibility index (Phi) is 9.00. The molecule has 4 aliphatic rings. The van der Waals surface area contributed by atoms with Crippen LogP contribution < -0.4 is 9.64 Å². The Morgan fingerprint density at radius 2 is 1.83 bits per heavy atom. The minimum atomic E-state index is -0.959. The fraction of sp³-hybridized carbons (Fsp3) is 0.537. The highest BCUT2D eigenvalue weighted by atomic mass is 19.1. The first-order chi connectivity index (χ1) is 24.9. The maximum absolute atomic E-state index is 17.0. The molecule has 4 aromatic rings. The molecule has 52 heavy (non-hydrogen) atoms.